The van der Waals surface area contributed by atoms with E-state index in [0.717, 1.165) is 29.8 Å². The summed E-state index contributed by atoms with van der Waals surface area (Å²) in [6.45, 7) is 1.48. The highest BCUT2D eigenvalue weighted by Gasteiger charge is 2.18. The molecule has 0 saturated carbocycles. The van der Waals surface area contributed by atoms with Crippen molar-refractivity contribution in [3.63, 3.8) is 0 Å². The molecule has 0 atom stereocenters. The third-order valence-corrected chi connectivity index (χ3v) is 4.63. The molecule has 28 heavy (non-hydrogen) atoms. The van der Waals surface area contributed by atoms with Gasteiger partial charge in [-0.2, -0.15) is 0 Å². The molecule has 0 radical (unpaired) electrons. The second kappa shape index (κ2) is 7.51. The van der Waals surface area contributed by atoms with Crippen molar-refractivity contribution in [1.82, 2.24) is 14.8 Å². The Hall–Kier alpha value is -3.68. The molecule has 1 amide bonds. The Morgan fingerprint density at radius 3 is 2.68 bits per heavy atom. The van der Waals surface area contributed by atoms with Crippen LogP contribution >= 0.6 is 0 Å². The largest absolute Gasteiger partial charge is 0.480 e. The Kier molecular flexibility index (Phi) is 4.76. The van der Waals surface area contributed by atoms with Crippen LogP contribution < -0.4 is 10.2 Å². The van der Waals surface area contributed by atoms with E-state index in [9.17, 15) is 9.59 Å². The summed E-state index contributed by atoms with van der Waals surface area (Å²) in [4.78, 5) is 29.2. The SMILES string of the molecule is O=C(O)Cn1cnc(NC(=O)c2ccc(CN3CCc4ccccc43)cc2)n1. The average molecular weight is 377 g/mol. The normalized spacial score (nSPS) is 12.6. The van der Waals surface area contributed by atoms with Gasteiger partial charge in [-0.15, -0.1) is 5.10 Å². The summed E-state index contributed by atoms with van der Waals surface area (Å²) >= 11 is 0. The molecule has 0 fully saturated rings. The number of anilines is 2. The number of aromatic nitrogens is 3. The lowest BCUT2D eigenvalue weighted by Gasteiger charge is -2.19. The molecule has 0 unspecified atom stereocenters. The minimum Gasteiger partial charge on any atom is -0.480 e. The van der Waals surface area contributed by atoms with Crippen molar-refractivity contribution in [1.29, 1.82) is 0 Å². The van der Waals surface area contributed by atoms with Gasteiger partial charge in [0.2, 0.25) is 5.95 Å². The van der Waals surface area contributed by atoms with Crippen molar-refractivity contribution >= 4 is 23.5 Å². The van der Waals surface area contributed by atoms with E-state index in [0.29, 0.717) is 5.56 Å². The van der Waals surface area contributed by atoms with Gasteiger partial charge in [0.05, 0.1) is 0 Å². The molecule has 1 aromatic heterocycles. The summed E-state index contributed by atoms with van der Waals surface area (Å²) in [6, 6.07) is 15.8. The van der Waals surface area contributed by atoms with Crippen LogP contribution in [0.1, 0.15) is 21.5 Å². The minimum absolute atomic E-state index is 0.0731. The number of nitrogens with zero attached hydrogens (tertiary/aromatic N) is 4. The van der Waals surface area contributed by atoms with Crippen molar-refractivity contribution in [2.75, 3.05) is 16.8 Å². The zero-order valence-corrected chi connectivity index (χ0v) is 15.1. The summed E-state index contributed by atoms with van der Waals surface area (Å²) < 4.78 is 1.15. The number of amides is 1. The van der Waals surface area contributed by atoms with Gasteiger partial charge in [-0.3, -0.25) is 14.9 Å². The summed E-state index contributed by atoms with van der Waals surface area (Å²) in [5.41, 5.74) is 4.25. The second-order valence-corrected chi connectivity index (χ2v) is 6.61. The third kappa shape index (κ3) is 3.85. The van der Waals surface area contributed by atoms with Crippen LogP contribution in [0, 0.1) is 0 Å². The van der Waals surface area contributed by atoms with Crippen LogP contribution in [0.2, 0.25) is 0 Å². The van der Waals surface area contributed by atoms with Gasteiger partial charge < -0.3 is 10.0 Å². The zero-order chi connectivity index (χ0) is 19.5. The van der Waals surface area contributed by atoms with E-state index in [-0.39, 0.29) is 18.4 Å². The summed E-state index contributed by atoms with van der Waals surface area (Å²) in [5, 5.41) is 15.2. The zero-order valence-electron chi connectivity index (χ0n) is 15.1. The molecule has 142 valence electrons. The first-order valence-electron chi connectivity index (χ1n) is 8.93. The lowest BCUT2D eigenvalue weighted by atomic mass is 10.1. The van der Waals surface area contributed by atoms with E-state index in [2.05, 4.69) is 44.6 Å². The van der Waals surface area contributed by atoms with Crippen molar-refractivity contribution in [2.24, 2.45) is 0 Å². The Labute approximate surface area is 161 Å². The molecular formula is C20H19N5O3. The molecule has 0 bridgehead atoms. The topological polar surface area (TPSA) is 100 Å². The van der Waals surface area contributed by atoms with Gasteiger partial charge in [-0.25, -0.2) is 9.67 Å². The van der Waals surface area contributed by atoms with E-state index >= 15 is 0 Å². The van der Waals surface area contributed by atoms with Crippen LogP contribution in [0.4, 0.5) is 11.6 Å². The second-order valence-electron chi connectivity index (χ2n) is 6.61. The predicted molar refractivity (Wildman–Crippen MR) is 103 cm³/mol. The van der Waals surface area contributed by atoms with E-state index in [1.54, 1.807) is 12.1 Å². The molecule has 0 spiro atoms. The van der Waals surface area contributed by atoms with E-state index in [4.69, 9.17) is 5.11 Å². The smallest absolute Gasteiger partial charge is 0.325 e. The highest BCUT2D eigenvalue weighted by molar-refractivity contribution is 6.03. The number of nitrogens with one attached hydrogen (secondary N) is 1. The number of para-hydroxylation sites is 1. The van der Waals surface area contributed by atoms with Gasteiger partial charge in [0, 0.05) is 24.3 Å². The number of aliphatic carboxylic acids is 1. The molecule has 0 aliphatic carbocycles. The number of carboxylic acid groups (broad SMARTS) is 1. The number of carboxylic acids is 1. The number of hydrogen-bond acceptors (Lipinski definition) is 5. The molecular weight excluding hydrogens is 358 g/mol. The maximum Gasteiger partial charge on any atom is 0.325 e. The molecule has 0 saturated heterocycles. The lowest BCUT2D eigenvalue weighted by molar-refractivity contribution is -0.137. The molecule has 2 N–H and O–H groups in total. The Balaban J connectivity index is 1.38. The van der Waals surface area contributed by atoms with E-state index < -0.39 is 5.97 Å². The Morgan fingerprint density at radius 1 is 1.11 bits per heavy atom. The van der Waals surface area contributed by atoms with E-state index in [1.807, 2.05) is 12.1 Å². The molecule has 2 aromatic carbocycles. The highest BCUT2D eigenvalue weighted by atomic mass is 16.4. The molecule has 3 aromatic rings. The summed E-state index contributed by atoms with van der Waals surface area (Å²) in [7, 11) is 0. The fraction of sp³-hybridized carbons (Fsp3) is 0.200. The fourth-order valence-electron chi connectivity index (χ4n) is 3.29. The monoisotopic (exact) mass is 377 g/mol. The quantitative estimate of drug-likeness (QED) is 0.683. The third-order valence-electron chi connectivity index (χ3n) is 4.63. The first kappa shape index (κ1) is 17.7. The van der Waals surface area contributed by atoms with Crippen LogP contribution in [0.5, 0.6) is 0 Å². The van der Waals surface area contributed by atoms with Crippen LogP contribution in [0.15, 0.2) is 54.9 Å². The number of benzene rings is 2. The lowest BCUT2D eigenvalue weighted by Crippen LogP contribution is -2.19. The fourth-order valence-corrected chi connectivity index (χ4v) is 3.29. The maximum absolute atomic E-state index is 12.3. The maximum atomic E-state index is 12.3. The Bertz CT molecular complexity index is 1010. The molecule has 8 nitrogen and oxygen atoms in total. The number of rotatable bonds is 6. The van der Waals surface area contributed by atoms with Crippen LogP contribution in [-0.4, -0.2) is 38.3 Å². The number of fused-ring (bicyclic) bond motifs is 1. The van der Waals surface area contributed by atoms with Gasteiger partial charge in [-0.1, -0.05) is 30.3 Å². The minimum atomic E-state index is -1.03. The first-order valence-corrected chi connectivity index (χ1v) is 8.93. The number of carbonyl (C=O) groups excluding carboxylic acids is 1. The molecule has 4 rings (SSSR count). The standard InChI is InChI=1S/C20H19N5O3/c26-18(27)12-25-13-21-20(23-25)22-19(28)16-7-5-14(6-8-16)11-24-10-9-15-3-1-2-4-17(15)24/h1-8,13H,9-12H2,(H,26,27)(H,22,23,28). The van der Waals surface area contributed by atoms with Gasteiger partial charge in [0.25, 0.3) is 5.91 Å². The Morgan fingerprint density at radius 2 is 1.89 bits per heavy atom. The number of carbonyl (C=O) groups is 2. The van der Waals surface area contributed by atoms with Gasteiger partial charge >= 0.3 is 5.97 Å². The summed E-state index contributed by atoms with van der Waals surface area (Å²) in [6.07, 6.45) is 2.32. The molecule has 1 aliphatic heterocycles. The average Bonchev–Trinajstić information content (AvgIpc) is 3.29. The van der Waals surface area contributed by atoms with Crippen LogP contribution in [0.3, 0.4) is 0 Å². The first-order chi connectivity index (χ1) is 13.6. The molecule has 8 heteroatoms. The van der Waals surface area contributed by atoms with Crippen molar-refractivity contribution in [3.05, 3.63) is 71.5 Å². The summed E-state index contributed by atoms with van der Waals surface area (Å²) in [5.74, 6) is -1.30. The number of hydrogen-bond donors (Lipinski definition) is 2. The van der Waals surface area contributed by atoms with Gasteiger partial charge in [0.1, 0.15) is 12.9 Å². The van der Waals surface area contributed by atoms with Crippen molar-refractivity contribution in [2.45, 2.75) is 19.5 Å². The molecule has 2 heterocycles. The predicted octanol–water partition coefficient (Wildman–Crippen LogP) is 2.18. The molecule has 1 aliphatic rings. The van der Waals surface area contributed by atoms with Crippen LogP contribution in [-0.2, 0) is 24.3 Å². The van der Waals surface area contributed by atoms with E-state index in [1.165, 1.54) is 17.6 Å². The van der Waals surface area contributed by atoms with Crippen molar-refractivity contribution < 1.29 is 14.7 Å². The van der Waals surface area contributed by atoms with Crippen LogP contribution in [0.25, 0.3) is 0 Å². The van der Waals surface area contributed by atoms with Gasteiger partial charge in [0.15, 0.2) is 0 Å². The van der Waals surface area contributed by atoms with Gasteiger partial charge in [-0.05, 0) is 35.7 Å². The highest BCUT2D eigenvalue weighted by Crippen LogP contribution is 2.28. The van der Waals surface area contributed by atoms with Crippen molar-refractivity contribution in [3.8, 4) is 0 Å².